The fraction of sp³-hybridized carbons (Fsp3) is 0.444. The number of carbonyl (C=O) groups is 1. The minimum atomic E-state index is -0.191. The van der Waals surface area contributed by atoms with Gasteiger partial charge in [0.25, 0.3) is 0 Å². The molecule has 1 atom stereocenters. The Morgan fingerprint density at radius 2 is 1.88 bits per heavy atom. The van der Waals surface area contributed by atoms with E-state index < -0.39 is 0 Å². The van der Waals surface area contributed by atoms with E-state index in [1.54, 1.807) is 4.90 Å². The van der Waals surface area contributed by atoms with E-state index in [1.807, 2.05) is 65.0 Å². The number of nitrogens with one attached hydrogen (secondary N) is 1. The van der Waals surface area contributed by atoms with Crippen molar-refractivity contribution >= 4 is 23.5 Å². The zero-order chi connectivity index (χ0) is 19.4. The Hall–Kier alpha value is -2.74. The van der Waals surface area contributed by atoms with Crippen molar-refractivity contribution in [2.45, 2.75) is 26.8 Å². The lowest BCUT2D eigenvalue weighted by Crippen LogP contribution is -2.33. The standard InChI is InChI=1S/C18H27N7O/c1-11-8-7-9-14(12(11)2)20-15(26)10-25(6)13(3)16-21-17(19)23-18(22-16)24(4)5/h7-9,13H,10H2,1-6H3,(H,20,26)(H2,19,21,22,23). The Kier molecular flexibility index (Phi) is 6.10. The van der Waals surface area contributed by atoms with E-state index in [1.165, 1.54) is 0 Å². The predicted octanol–water partition coefficient (Wildman–Crippen LogP) is 1.77. The van der Waals surface area contributed by atoms with E-state index in [4.69, 9.17) is 5.73 Å². The van der Waals surface area contributed by atoms with Crippen LogP contribution in [0.25, 0.3) is 0 Å². The summed E-state index contributed by atoms with van der Waals surface area (Å²) in [6, 6.07) is 5.66. The third-order valence-corrected chi connectivity index (χ3v) is 4.36. The monoisotopic (exact) mass is 357 g/mol. The number of aryl methyl sites for hydroxylation is 1. The van der Waals surface area contributed by atoms with Crippen molar-refractivity contribution in [3.05, 3.63) is 35.2 Å². The number of hydrogen-bond acceptors (Lipinski definition) is 7. The minimum Gasteiger partial charge on any atom is -0.368 e. The quantitative estimate of drug-likeness (QED) is 0.812. The molecule has 0 aliphatic carbocycles. The van der Waals surface area contributed by atoms with Crippen molar-refractivity contribution in [2.75, 3.05) is 43.6 Å². The summed E-state index contributed by atoms with van der Waals surface area (Å²) in [7, 11) is 5.53. The van der Waals surface area contributed by atoms with Crippen molar-refractivity contribution in [1.82, 2.24) is 19.9 Å². The average molecular weight is 357 g/mol. The van der Waals surface area contributed by atoms with Crippen LogP contribution >= 0.6 is 0 Å². The number of carbonyl (C=O) groups excluding carboxylic acids is 1. The van der Waals surface area contributed by atoms with Gasteiger partial charge < -0.3 is 16.0 Å². The molecule has 1 amide bonds. The number of amides is 1. The van der Waals surface area contributed by atoms with Crippen LogP contribution in [0.4, 0.5) is 17.6 Å². The van der Waals surface area contributed by atoms with E-state index in [0.29, 0.717) is 11.8 Å². The van der Waals surface area contributed by atoms with Gasteiger partial charge in [-0.3, -0.25) is 9.69 Å². The number of nitrogens with two attached hydrogens (primary N) is 1. The second-order valence-electron chi connectivity index (χ2n) is 6.63. The molecule has 3 N–H and O–H groups in total. The lowest BCUT2D eigenvalue weighted by Gasteiger charge is -2.24. The van der Waals surface area contributed by atoms with Gasteiger partial charge in [0.05, 0.1) is 12.6 Å². The Labute approximate surface area is 154 Å². The van der Waals surface area contributed by atoms with Gasteiger partial charge in [0.1, 0.15) is 0 Å². The molecule has 1 heterocycles. The molecule has 0 saturated carbocycles. The molecule has 1 aromatic carbocycles. The number of nitrogens with zero attached hydrogens (tertiary/aromatic N) is 5. The normalized spacial score (nSPS) is 12.1. The molecule has 8 heteroatoms. The first-order chi connectivity index (χ1) is 12.2. The molecule has 0 bridgehead atoms. The predicted molar refractivity (Wildman–Crippen MR) is 104 cm³/mol. The van der Waals surface area contributed by atoms with Crippen LogP contribution in [0.15, 0.2) is 18.2 Å². The van der Waals surface area contributed by atoms with E-state index in [0.717, 1.165) is 16.8 Å². The van der Waals surface area contributed by atoms with Crippen molar-refractivity contribution in [1.29, 1.82) is 0 Å². The van der Waals surface area contributed by atoms with Crippen LogP contribution < -0.4 is 16.0 Å². The molecule has 1 unspecified atom stereocenters. The molecule has 0 saturated heterocycles. The summed E-state index contributed by atoms with van der Waals surface area (Å²) in [5.74, 6) is 1.09. The largest absolute Gasteiger partial charge is 0.368 e. The van der Waals surface area contributed by atoms with Gasteiger partial charge in [0, 0.05) is 19.8 Å². The van der Waals surface area contributed by atoms with E-state index in [9.17, 15) is 4.79 Å². The van der Waals surface area contributed by atoms with E-state index >= 15 is 0 Å². The molecule has 2 aromatic rings. The summed E-state index contributed by atoms with van der Waals surface area (Å²) in [4.78, 5) is 28.8. The van der Waals surface area contributed by atoms with Crippen molar-refractivity contribution in [3.63, 3.8) is 0 Å². The summed E-state index contributed by atoms with van der Waals surface area (Å²) >= 11 is 0. The molecule has 0 radical (unpaired) electrons. The van der Waals surface area contributed by atoms with Gasteiger partial charge in [0.15, 0.2) is 5.82 Å². The number of hydrogen-bond donors (Lipinski definition) is 2. The van der Waals surface area contributed by atoms with Crippen LogP contribution in [0, 0.1) is 13.8 Å². The summed E-state index contributed by atoms with van der Waals surface area (Å²) in [5, 5.41) is 2.96. The van der Waals surface area contributed by atoms with E-state index in [-0.39, 0.29) is 24.4 Å². The van der Waals surface area contributed by atoms with Gasteiger partial charge in [-0.25, -0.2) is 0 Å². The zero-order valence-corrected chi connectivity index (χ0v) is 16.2. The Morgan fingerprint density at radius 3 is 2.54 bits per heavy atom. The van der Waals surface area contributed by atoms with Gasteiger partial charge in [-0.15, -0.1) is 0 Å². The zero-order valence-electron chi connectivity index (χ0n) is 16.2. The van der Waals surface area contributed by atoms with Crippen LogP contribution in [-0.4, -0.2) is 53.4 Å². The summed E-state index contributed by atoms with van der Waals surface area (Å²) in [6.45, 7) is 6.15. The van der Waals surface area contributed by atoms with Crippen LogP contribution in [-0.2, 0) is 4.79 Å². The Bertz CT molecular complexity index is 791. The van der Waals surface area contributed by atoms with Gasteiger partial charge in [0.2, 0.25) is 17.8 Å². The molecule has 1 aromatic heterocycles. The van der Waals surface area contributed by atoms with Crippen LogP contribution in [0.3, 0.4) is 0 Å². The topological polar surface area (TPSA) is 100 Å². The molecule has 2 rings (SSSR count). The van der Waals surface area contributed by atoms with Crippen LogP contribution in [0.5, 0.6) is 0 Å². The second-order valence-corrected chi connectivity index (χ2v) is 6.63. The van der Waals surface area contributed by atoms with Crippen LogP contribution in [0.1, 0.15) is 29.9 Å². The number of likely N-dealkylation sites (N-methyl/N-ethyl adjacent to an activating group) is 1. The number of aromatic nitrogens is 3. The molecule has 0 spiro atoms. The maximum Gasteiger partial charge on any atom is 0.238 e. The van der Waals surface area contributed by atoms with Crippen molar-refractivity contribution < 1.29 is 4.79 Å². The molecule has 0 aliphatic heterocycles. The lowest BCUT2D eigenvalue weighted by molar-refractivity contribution is -0.117. The molecule has 140 valence electrons. The fourth-order valence-electron chi connectivity index (χ4n) is 2.42. The third-order valence-electron chi connectivity index (χ3n) is 4.36. The van der Waals surface area contributed by atoms with Crippen LogP contribution in [0.2, 0.25) is 0 Å². The van der Waals surface area contributed by atoms with Gasteiger partial charge in [-0.1, -0.05) is 12.1 Å². The fourth-order valence-corrected chi connectivity index (χ4v) is 2.42. The first-order valence-electron chi connectivity index (χ1n) is 8.44. The maximum absolute atomic E-state index is 12.4. The SMILES string of the molecule is Cc1cccc(NC(=O)CN(C)C(C)c2nc(N)nc(N(C)C)n2)c1C. The molecule has 0 aliphatic rings. The number of rotatable bonds is 6. The summed E-state index contributed by atoms with van der Waals surface area (Å²) in [5.41, 5.74) is 8.82. The average Bonchev–Trinajstić information content (AvgIpc) is 2.57. The van der Waals surface area contributed by atoms with Gasteiger partial charge in [-0.05, 0) is 45.0 Å². The molecule has 26 heavy (non-hydrogen) atoms. The smallest absolute Gasteiger partial charge is 0.238 e. The first kappa shape index (κ1) is 19.6. The van der Waals surface area contributed by atoms with Crippen molar-refractivity contribution in [3.8, 4) is 0 Å². The lowest BCUT2D eigenvalue weighted by atomic mass is 10.1. The maximum atomic E-state index is 12.4. The minimum absolute atomic E-state index is 0.0945. The molecular weight excluding hydrogens is 330 g/mol. The number of anilines is 3. The number of benzene rings is 1. The number of nitrogen functional groups attached to an aromatic ring is 1. The molecule has 0 fully saturated rings. The highest BCUT2D eigenvalue weighted by atomic mass is 16.2. The highest BCUT2D eigenvalue weighted by molar-refractivity contribution is 5.93. The highest BCUT2D eigenvalue weighted by Gasteiger charge is 2.20. The Morgan fingerprint density at radius 1 is 1.19 bits per heavy atom. The summed E-state index contributed by atoms with van der Waals surface area (Å²) < 4.78 is 0. The highest BCUT2D eigenvalue weighted by Crippen LogP contribution is 2.20. The van der Waals surface area contributed by atoms with Crippen molar-refractivity contribution in [2.24, 2.45) is 0 Å². The first-order valence-corrected chi connectivity index (χ1v) is 8.44. The van der Waals surface area contributed by atoms with E-state index in [2.05, 4.69) is 20.3 Å². The third kappa shape index (κ3) is 4.66. The molecule has 8 nitrogen and oxygen atoms in total. The van der Waals surface area contributed by atoms with Gasteiger partial charge in [-0.2, -0.15) is 15.0 Å². The van der Waals surface area contributed by atoms with Gasteiger partial charge >= 0.3 is 0 Å². The second kappa shape index (κ2) is 8.09. The Balaban J connectivity index is 2.08. The molecular formula is C18H27N7O. The summed E-state index contributed by atoms with van der Waals surface area (Å²) in [6.07, 6.45) is 0.